The van der Waals surface area contributed by atoms with E-state index in [-0.39, 0.29) is 12.6 Å². The highest BCUT2D eigenvalue weighted by Gasteiger charge is 2.39. The fourth-order valence-corrected chi connectivity index (χ4v) is 2.08. The van der Waals surface area contributed by atoms with Gasteiger partial charge in [-0.1, -0.05) is 30.3 Å². The van der Waals surface area contributed by atoms with E-state index >= 15 is 0 Å². The molecular weight excluding hydrogens is 256 g/mol. The van der Waals surface area contributed by atoms with Crippen LogP contribution >= 0.6 is 0 Å². The van der Waals surface area contributed by atoms with Gasteiger partial charge in [0.25, 0.3) is 0 Å². The number of hydrogen-bond donors (Lipinski definition) is 2. The normalized spacial score (nSPS) is 14.2. The molecule has 5 nitrogen and oxygen atoms in total. The zero-order chi connectivity index (χ0) is 15.0. The van der Waals surface area contributed by atoms with Crippen molar-refractivity contribution in [2.24, 2.45) is 5.73 Å². The molecule has 1 amide bonds. The molecule has 0 saturated carbocycles. The standard InChI is InChI=1S/C15H24N2O3/c1-12(2)17-15(14(16)18,11-20-10-9-19-3)13-7-5-4-6-8-13/h4-8,12,17H,9-11H2,1-3H3,(H2,16,18). The molecule has 0 spiro atoms. The molecule has 1 unspecified atom stereocenters. The van der Waals surface area contributed by atoms with Crippen LogP contribution in [0.4, 0.5) is 0 Å². The Kier molecular flexibility index (Phi) is 6.64. The average molecular weight is 280 g/mol. The molecule has 3 N–H and O–H groups in total. The number of nitrogens with one attached hydrogen (secondary N) is 1. The summed E-state index contributed by atoms with van der Waals surface area (Å²) in [6.45, 7) is 5.00. The van der Waals surface area contributed by atoms with Gasteiger partial charge in [-0.25, -0.2) is 0 Å². The van der Waals surface area contributed by atoms with E-state index in [0.717, 1.165) is 5.56 Å². The van der Waals surface area contributed by atoms with Gasteiger partial charge in [-0.2, -0.15) is 0 Å². The summed E-state index contributed by atoms with van der Waals surface area (Å²) in [7, 11) is 1.61. The summed E-state index contributed by atoms with van der Waals surface area (Å²) in [5.41, 5.74) is 5.43. The Hall–Kier alpha value is -1.43. The van der Waals surface area contributed by atoms with Crippen LogP contribution in [0.15, 0.2) is 30.3 Å². The maximum Gasteiger partial charge on any atom is 0.244 e. The second kappa shape index (κ2) is 7.99. The minimum Gasteiger partial charge on any atom is -0.382 e. The number of hydrogen-bond acceptors (Lipinski definition) is 4. The minimum absolute atomic E-state index is 0.0914. The number of nitrogens with two attached hydrogens (primary N) is 1. The third-order valence-corrected chi connectivity index (χ3v) is 2.97. The van der Waals surface area contributed by atoms with Gasteiger partial charge in [0.1, 0.15) is 5.54 Å². The van der Waals surface area contributed by atoms with Gasteiger partial charge in [0.05, 0.1) is 19.8 Å². The molecular formula is C15H24N2O3. The lowest BCUT2D eigenvalue weighted by molar-refractivity contribution is -0.128. The van der Waals surface area contributed by atoms with Crippen LogP contribution < -0.4 is 11.1 Å². The van der Waals surface area contributed by atoms with Crippen molar-refractivity contribution in [1.29, 1.82) is 0 Å². The summed E-state index contributed by atoms with van der Waals surface area (Å²) in [6, 6.07) is 9.50. The van der Waals surface area contributed by atoms with Crippen LogP contribution in [0.2, 0.25) is 0 Å². The molecule has 20 heavy (non-hydrogen) atoms. The number of carbonyl (C=O) groups is 1. The number of benzene rings is 1. The second-order valence-electron chi connectivity index (χ2n) is 4.98. The van der Waals surface area contributed by atoms with Crippen LogP contribution in [-0.2, 0) is 19.8 Å². The fourth-order valence-electron chi connectivity index (χ4n) is 2.08. The first-order valence-electron chi connectivity index (χ1n) is 6.72. The van der Waals surface area contributed by atoms with E-state index in [1.54, 1.807) is 7.11 Å². The number of primary amides is 1. The van der Waals surface area contributed by atoms with Crippen molar-refractivity contribution >= 4 is 5.91 Å². The number of carbonyl (C=O) groups excluding carboxylic acids is 1. The summed E-state index contributed by atoms with van der Waals surface area (Å²) in [5.74, 6) is -0.449. The van der Waals surface area contributed by atoms with E-state index in [1.807, 2.05) is 44.2 Å². The van der Waals surface area contributed by atoms with Gasteiger partial charge >= 0.3 is 0 Å². The Balaban J connectivity index is 2.99. The molecule has 1 rings (SSSR count). The van der Waals surface area contributed by atoms with E-state index in [2.05, 4.69) is 5.32 Å². The molecule has 0 aliphatic carbocycles. The van der Waals surface area contributed by atoms with Crippen molar-refractivity contribution in [1.82, 2.24) is 5.32 Å². The molecule has 0 aliphatic rings. The van der Waals surface area contributed by atoms with Gasteiger partial charge in [0.2, 0.25) is 5.91 Å². The van der Waals surface area contributed by atoms with Gasteiger partial charge in [-0.3, -0.25) is 10.1 Å². The van der Waals surface area contributed by atoms with Gasteiger partial charge in [0, 0.05) is 13.2 Å². The van der Waals surface area contributed by atoms with Crippen molar-refractivity contribution in [3.8, 4) is 0 Å². The Labute approximate surface area is 120 Å². The maximum absolute atomic E-state index is 12.1. The van der Waals surface area contributed by atoms with Crippen LogP contribution in [-0.4, -0.2) is 38.9 Å². The summed E-state index contributed by atoms with van der Waals surface area (Å²) in [5, 5.41) is 3.25. The molecule has 0 bridgehead atoms. The first kappa shape index (κ1) is 16.6. The van der Waals surface area contributed by atoms with Crippen LogP contribution in [0.5, 0.6) is 0 Å². The monoisotopic (exact) mass is 280 g/mol. The zero-order valence-corrected chi connectivity index (χ0v) is 12.4. The molecule has 0 fully saturated rings. The summed E-state index contributed by atoms with van der Waals surface area (Å²) in [6.07, 6.45) is 0. The smallest absolute Gasteiger partial charge is 0.244 e. The summed E-state index contributed by atoms with van der Waals surface area (Å²) < 4.78 is 10.5. The van der Waals surface area contributed by atoms with Crippen molar-refractivity contribution in [2.45, 2.75) is 25.4 Å². The molecule has 0 saturated heterocycles. The van der Waals surface area contributed by atoms with Crippen LogP contribution in [0.3, 0.4) is 0 Å². The zero-order valence-electron chi connectivity index (χ0n) is 12.4. The lowest BCUT2D eigenvalue weighted by Gasteiger charge is -2.34. The predicted molar refractivity (Wildman–Crippen MR) is 78.3 cm³/mol. The molecule has 0 heterocycles. The third kappa shape index (κ3) is 4.30. The van der Waals surface area contributed by atoms with Crippen molar-refractivity contribution < 1.29 is 14.3 Å². The number of ether oxygens (including phenoxy) is 2. The lowest BCUT2D eigenvalue weighted by Crippen LogP contribution is -2.58. The molecule has 1 aromatic rings. The molecule has 1 atom stereocenters. The Morgan fingerprint density at radius 2 is 1.95 bits per heavy atom. The number of rotatable bonds is 9. The minimum atomic E-state index is -1.02. The predicted octanol–water partition coefficient (Wildman–Crippen LogP) is 1.03. The van der Waals surface area contributed by atoms with Crippen molar-refractivity contribution in [2.75, 3.05) is 26.9 Å². The SMILES string of the molecule is COCCOCC(NC(C)C)(C(N)=O)c1ccccc1. The topological polar surface area (TPSA) is 73.6 Å². The quantitative estimate of drug-likeness (QED) is 0.663. The van der Waals surface area contributed by atoms with Crippen LogP contribution in [0.25, 0.3) is 0 Å². The molecule has 1 aromatic carbocycles. The number of amides is 1. The van der Waals surface area contributed by atoms with E-state index in [4.69, 9.17) is 15.2 Å². The summed E-state index contributed by atoms with van der Waals surface area (Å²) in [4.78, 5) is 12.1. The molecule has 0 aliphatic heterocycles. The molecule has 0 radical (unpaired) electrons. The van der Waals surface area contributed by atoms with E-state index in [9.17, 15) is 4.79 Å². The van der Waals surface area contributed by atoms with E-state index in [0.29, 0.717) is 13.2 Å². The highest BCUT2D eigenvalue weighted by Crippen LogP contribution is 2.22. The van der Waals surface area contributed by atoms with Crippen LogP contribution in [0, 0.1) is 0 Å². The highest BCUT2D eigenvalue weighted by molar-refractivity contribution is 5.86. The molecule has 112 valence electrons. The molecule has 0 aromatic heterocycles. The lowest BCUT2D eigenvalue weighted by atomic mass is 9.89. The first-order chi connectivity index (χ1) is 9.53. The second-order valence-corrected chi connectivity index (χ2v) is 4.98. The van der Waals surface area contributed by atoms with Gasteiger partial charge in [0.15, 0.2) is 0 Å². The Bertz CT molecular complexity index is 409. The third-order valence-electron chi connectivity index (χ3n) is 2.97. The van der Waals surface area contributed by atoms with Gasteiger partial charge < -0.3 is 15.2 Å². The number of methoxy groups -OCH3 is 1. The Morgan fingerprint density at radius 1 is 1.30 bits per heavy atom. The van der Waals surface area contributed by atoms with Crippen molar-refractivity contribution in [3.63, 3.8) is 0 Å². The van der Waals surface area contributed by atoms with E-state index < -0.39 is 11.4 Å². The van der Waals surface area contributed by atoms with Gasteiger partial charge in [-0.05, 0) is 19.4 Å². The summed E-state index contributed by atoms with van der Waals surface area (Å²) >= 11 is 0. The fraction of sp³-hybridized carbons (Fsp3) is 0.533. The largest absolute Gasteiger partial charge is 0.382 e. The van der Waals surface area contributed by atoms with Gasteiger partial charge in [-0.15, -0.1) is 0 Å². The highest BCUT2D eigenvalue weighted by atomic mass is 16.5. The maximum atomic E-state index is 12.1. The van der Waals surface area contributed by atoms with E-state index in [1.165, 1.54) is 0 Å². The first-order valence-corrected chi connectivity index (χ1v) is 6.72. The molecule has 5 heteroatoms. The average Bonchev–Trinajstić information content (AvgIpc) is 2.42. The van der Waals surface area contributed by atoms with Crippen molar-refractivity contribution in [3.05, 3.63) is 35.9 Å². The van der Waals surface area contributed by atoms with Crippen LogP contribution in [0.1, 0.15) is 19.4 Å². The Morgan fingerprint density at radius 3 is 2.45 bits per heavy atom.